The second-order valence-electron chi connectivity index (χ2n) is 3.94. The lowest BCUT2D eigenvalue weighted by Gasteiger charge is -2.13. The molecule has 1 rings (SSSR count). The summed E-state index contributed by atoms with van der Waals surface area (Å²) < 4.78 is 0. The third kappa shape index (κ3) is 2.64. The quantitative estimate of drug-likeness (QED) is 0.477. The molecule has 5 nitrogen and oxygen atoms in total. The first-order chi connectivity index (χ1) is 7.43. The van der Waals surface area contributed by atoms with Crippen LogP contribution in [0.1, 0.15) is 24.2 Å². The number of nitro groups is 1. The average Bonchev–Trinajstić information content (AvgIpc) is 2.27. The van der Waals surface area contributed by atoms with Crippen LogP contribution >= 0.6 is 0 Å². The number of hydrogen-bond donors (Lipinski definition) is 1. The molecule has 0 aromatic heterocycles. The number of nitrogens with two attached hydrogens (primary N) is 1. The van der Waals surface area contributed by atoms with E-state index in [1.54, 1.807) is 0 Å². The standard InChI is InChI=1S/C11H14N2O3/c1-7(2)10(12)11(14)8-3-5-9(6-4-8)13(15)16/h3-7,10H,12H2,1-2H3/t10-/m1/s1. The second-order valence-corrected chi connectivity index (χ2v) is 3.94. The van der Waals surface area contributed by atoms with Crippen molar-refractivity contribution in [2.45, 2.75) is 19.9 Å². The minimum atomic E-state index is -0.568. The molecule has 0 fully saturated rings. The van der Waals surface area contributed by atoms with Gasteiger partial charge in [-0.3, -0.25) is 14.9 Å². The third-order valence-corrected chi connectivity index (χ3v) is 2.38. The zero-order valence-corrected chi connectivity index (χ0v) is 9.21. The van der Waals surface area contributed by atoms with Crippen molar-refractivity contribution in [3.8, 4) is 0 Å². The Morgan fingerprint density at radius 3 is 2.19 bits per heavy atom. The van der Waals surface area contributed by atoms with Crippen LogP contribution in [0.2, 0.25) is 0 Å². The van der Waals surface area contributed by atoms with Gasteiger partial charge in [-0.05, 0) is 18.1 Å². The van der Waals surface area contributed by atoms with E-state index in [-0.39, 0.29) is 17.4 Å². The minimum absolute atomic E-state index is 0.0327. The monoisotopic (exact) mass is 222 g/mol. The van der Waals surface area contributed by atoms with Gasteiger partial charge in [0.15, 0.2) is 5.78 Å². The van der Waals surface area contributed by atoms with E-state index in [2.05, 4.69) is 0 Å². The maximum atomic E-state index is 11.8. The van der Waals surface area contributed by atoms with Gasteiger partial charge < -0.3 is 5.73 Å². The van der Waals surface area contributed by atoms with Gasteiger partial charge in [0.25, 0.3) is 5.69 Å². The number of carbonyl (C=O) groups is 1. The summed E-state index contributed by atoms with van der Waals surface area (Å²) in [4.78, 5) is 21.7. The lowest BCUT2D eigenvalue weighted by molar-refractivity contribution is -0.384. The molecule has 0 unspecified atom stereocenters. The van der Waals surface area contributed by atoms with Crippen molar-refractivity contribution in [1.82, 2.24) is 0 Å². The summed E-state index contributed by atoms with van der Waals surface area (Å²) in [6.45, 7) is 3.71. The maximum Gasteiger partial charge on any atom is 0.269 e. The predicted molar refractivity (Wildman–Crippen MR) is 60.2 cm³/mol. The minimum Gasteiger partial charge on any atom is -0.321 e. The number of carbonyl (C=O) groups excluding carboxylic acids is 1. The number of hydrogen-bond acceptors (Lipinski definition) is 4. The topological polar surface area (TPSA) is 86.2 Å². The molecular weight excluding hydrogens is 208 g/mol. The van der Waals surface area contributed by atoms with Gasteiger partial charge >= 0.3 is 0 Å². The van der Waals surface area contributed by atoms with Crippen LogP contribution in [0.25, 0.3) is 0 Å². The highest BCUT2D eigenvalue weighted by molar-refractivity contribution is 6.00. The first-order valence-corrected chi connectivity index (χ1v) is 4.97. The average molecular weight is 222 g/mol. The predicted octanol–water partition coefficient (Wildman–Crippen LogP) is 1.76. The molecule has 5 heteroatoms. The van der Waals surface area contributed by atoms with Crippen LogP contribution in [0.4, 0.5) is 5.69 Å². The fourth-order valence-corrected chi connectivity index (χ4v) is 1.24. The molecule has 0 aliphatic carbocycles. The van der Waals surface area contributed by atoms with Gasteiger partial charge in [0.1, 0.15) is 0 Å². The van der Waals surface area contributed by atoms with Crippen LogP contribution < -0.4 is 5.73 Å². The van der Waals surface area contributed by atoms with E-state index in [4.69, 9.17) is 5.73 Å². The van der Waals surface area contributed by atoms with Crippen molar-refractivity contribution >= 4 is 11.5 Å². The van der Waals surface area contributed by atoms with Gasteiger partial charge in [-0.2, -0.15) is 0 Å². The Balaban J connectivity index is 2.90. The van der Waals surface area contributed by atoms with E-state index in [0.29, 0.717) is 5.56 Å². The number of nitro benzene ring substituents is 1. The van der Waals surface area contributed by atoms with E-state index in [0.717, 1.165) is 0 Å². The number of Topliss-reactive ketones (excluding diaryl/α,β-unsaturated/α-hetero) is 1. The first-order valence-electron chi connectivity index (χ1n) is 4.97. The van der Waals surface area contributed by atoms with Crippen molar-refractivity contribution in [2.75, 3.05) is 0 Å². The van der Waals surface area contributed by atoms with Crippen molar-refractivity contribution in [3.05, 3.63) is 39.9 Å². The van der Waals surface area contributed by atoms with Gasteiger partial charge in [0.05, 0.1) is 11.0 Å². The van der Waals surface area contributed by atoms with Crippen molar-refractivity contribution in [1.29, 1.82) is 0 Å². The van der Waals surface area contributed by atoms with Crippen molar-refractivity contribution in [2.24, 2.45) is 11.7 Å². The highest BCUT2D eigenvalue weighted by Gasteiger charge is 2.19. The van der Waals surface area contributed by atoms with Gasteiger partial charge in [-0.15, -0.1) is 0 Å². The van der Waals surface area contributed by atoms with Crippen LogP contribution in [0.15, 0.2) is 24.3 Å². The summed E-state index contributed by atoms with van der Waals surface area (Å²) in [5, 5.41) is 10.4. The molecule has 0 heterocycles. The van der Waals surface area contributed by atoms with E-state index in [1.165, 1.54) is 24.3 Å². The fraction of sp³-hybridized carbons (Fsp3) is 0.364. The van der Waals surface area contributed by atoms with Crippen molar-refractivity contribution in [3.63, 3.8) is 0 Å². The Bertz CT molecular complexity index is 398. The summed E-state index contributed by atoms with van der Waals surface area (Å²) in [5.74, 6) is -0.146. The molecule has 0 radical (unpaired) electrons. The Morgan fingerprint density at radius 2 is 1.81 bits per heavy atom. The Labute approximate surface area is 93.4 Å². The number of non-ortho nitro benzene ring substituents is 1. The maximum absolute atomic E-state index is 11.8. The molecule has 0 bridgehead atoms. The molecule has 0 aliphatic heterocycles. The fourth-order valence-electron chi connectivity index (χ4n) is 1.24. The molecule has 1 aromatic rings. The lowest BCUT2D eigenvalue weighted by Crippen LogP contribution is -2.35. The largest absolute Gasteiger partial charge is 0.321 e. The van der Waals surface area contributed by atoms with Crippen molar-refractivity contribution < 1.29 is 9.72 Å². The molecule has 0 spiro atoms. The zero-order chi connectivity index (χ0) is 12.3. The van der Waals surface area contributed by atoms with E-state index >= 15 is 0 Å². The normalized spacial score (nSPS) is 12.5. The lowest BCUT2D eigenvalue weighted by atomic mass is 9.96. The number of nitrogens with zero attached hydrogens (tertiary/aromatic N) is 1. The van der Waals surface area contributed by atoms with Crippen LogP contribution in [-0.2, 0) is 0 Å². The highest BCUT2D eigenvalue weighted by atomic mass is 16.6. The van der Waals surface area contributed by atoms with Crippen LogP contribution in [0.3, 0.4) is 0 Å². The molecule has 0 aliphatic rings. The number of benzene rings is 1. The van der Waals surface area contributed by atoms with Gasteiger partial charge in [0.2, 0.25) is 0 Å². The Kier molecular flexibility index (Phi) is 3.73. The van der Waals surface area contributed by atoms with Crippen LogP contribution in [0, 0.1) is 16.0 Å². The molecule has 0 saturated carbocycles. The molecule has 86 valence electrons. The second kappa shape index (κ2) is 4.85. The van der Waals surface area contributed by atoms with E-state index in [1.807, 2.05) is 13.8 Å². The van der Waals surface area contributed by atoms with Crippen LogP contribution in [-0.4, -0.2) is 16.7 Å². The summed E-state index contributed by atoms with van der Waals surface area (Å²) >= 11 is 0. The molecule has 1 aromatic carbocycles. The Hall–Kier alpha value is -1.75. The molecule has 16 heavy (non-hydrogen) atoms. The van der Waals surface area contributed by atoms with Gasteiger partial charge in [0, 0.05) is 17.7 Å². The molecular formula is C11H14N2O3. The molecule has 0 saturated heterocycles. The van der Waals surface area contributed by atoms with E-state index in [9.17, 15) is 14.9 Å². The third-order valence-electron chi connectivity index (χ3n) is 2.38. The highest BCUT2D eigenvalue weighted by Crippen LogP contribution is 2.14. The van der Waals surface area contributed by atoms with Crippen LogP contribution in [0.5, 0.6) is 0 Å². The SMILES string of the molecule is CC(C)[C@@H](N)C(=O)c1ccc([N+](=O)[O-])cc1. The molecule has 2 N–H and O–H groups in total. The molecule has 0 amide bonds. The summed E-state index contributed by atoms with van der Waals surface area (Å²) in [6, 6.07) is 4.91. The number of ketones is 1. The molecule has 1 atom stereocenters. The van der Waals surface area contributed by atoms with Gasteiger partial charge in [-0.25, -0.2) is 0 Å². The summed E-state index contributed by atoms with van der Waals surface area (Å²) in [7, 11) is 0. The smallest absolute Gasteiger partial charge is 0.269 e. The number of rotatable bonds is 4. The Morgan fingerprint density at radius 1 is 1.31 bits per heavy atom. The zero-order valence-electron chi connectivity index (χ0n) is 9.21. The first kappa shape index (κ1) is 12.3. The van der Waals surface area contributed by atoms with Gasteiger partial charge in [-0.1, -0.05) is 13.8 Å². The summed E-state index contributed by atoms with van der Waals surface area (Å²) in [6.07, 6.45) is 0. The summed E-state index contributed by atoms with van der Waals surface area (Å²) in [5.41, 5.74) is 6.08. The van der Waals surface area contributed by atoms with E-state index < -0.39 is 11.0 Å².